The lowest BCUT2D eigenvalue weighted by molar-refractivity contribution is 0.100. The quantitative estimate of drug-likeness (QED) is 0.729. The number of benzene rings is 1. The zero-order valence-electron chi connectivity index (χ0n) is 11.5. The molecule has 19 heavy (non-hydrogen) atoms. The van der Waals surface area contributed by atoms with Crippen molar-refractivity contribution in [3.8, 4) is 0 Å². The number of carbonyl (C=O) groups excluding carboxylic acids is 1. The Labute approximate surface area is 114 Å². The van der Waals surface area contributed by atoms with Gasteiger partial charge in [-0.2, -0.15) is 0 Å². The molecule has 2 rings (SSSR count). The summed E-state index contributed by atoms with van der Waals surface area (Å²) in [7, 11) is 0. The third-order valence-corrected chi connectivity index (χ3v) is 3.85. The summed E-state index contributed by atoms with van der Waals surface area (Å²) < 4.78 is 0. The number of amides is 1. The van der Waals surface area contributed by atoms with E-state index in [-0.39, 0.29) is 12.1 Å². The summed E-state index contributed by atoms with van der Waals surface area (Å²) in [6.45, 7) is 2.00. The van der Waals surface area contributed by atoms with Crippen molar-refractivity contribution >= 4 is 11.6 Å². The second kappa shape index (κ2) is 6.06. The predicted octanol–water partition coefficient (Wildman–Crippen LogP) is 2.17. The van der Waals surface area contributed by atoms with Crippen LogP contribution in [0, 0.1) is 6.92 Å². The number of rotatable bonds is 3. The van der Waals surface area contributed by atoms with Gasteiger partial charge in [-0.15, -0.1) is 0 Å². The van der Waals surface area contributed by atoms with Crippen LogP contribution in [0.4, 0.5) is 5.69 Å². The van der Waals surface area contributed by atoms with Gasteiger partial charge >= 0.3 is 0 Å². The minimum atomic E-state index is -0.398. The summed E-state index contributed by atoms with van der Waals surface area (Å²) in [5.74, 6) is -0.398. The van der Waals surface area contributed by atoms with Gasteiger partial charge in [-0.1, -0.05) is 25.3 Å². The maximum atomic E-state index is 11.5. The molecule has 1 aliphatic carbocycles. The zero-order valence-corrected chi connectivity index (χ0v) is 11.5. The molecule has 104 valence electrons. The Hall–Kier alpha value is -1.55. The fourth-order valence-electron chi connectivity index (χ4n) is 2.71. The largest absolute Gasteiger partial charge is 0.380 e. The van der Waals surface area contributed by atoms with Crippen molar-refractivity contribution in [2.75, 3.05) is 5.32 Å². The lowest BCUT2D eigenvalue weighted by atomic mass is 10.0. The van der Waals surface area contributed by atoms with E-state index in [0.29, 0.717) is 5.56 Å². The maximum absolute atomic E-state index is 11.5. The average Bonchev–Trinajstić information content (AvgIpc) is 2.55. The average molecular weight is 261 g/mol. The number of hydrogen-bond acceptors (Lipinski definition) is 3. The lowest BCUT2D eigenvalue weighted by Crippen LogP contribution is -2.39. The molecular weight excluding hydrogens is 238 g/mol. The van der Waals surface area contributed by atoms with Gasteiger partial charge in [0.25, 0.3) is 5.91 Å². The van der Waals surface area contributed by atoms with Crippen LogP contribution in [-0.2, 0) is 0 Å². The van der Waals surface area contributed by atoms with Gasteiger partial charge in [0.05, 0.1) is 5.56 Å². The third-order valence-electron chi connectivity index (χ3n) is 3.85. The molecule has 1 aromatic rings. The first-order chi connectivity index (χ1) is 9.08. The number of anilines is 1. The van der Waals surface area contributed by atoms with E-state index in [0.717, 1.165) is 24.1 Å². The monoisotopic (exact) mass is 261 g/mol. The normalized spacial score (nSPS) is 23.7. The number of carbonyl (C=O) groups is 1. The summed E-state index contributed by atoms with van der Waals surface area (Å²) >= 11 is 0. The molecule has 1 amide bonds. The van der Waals surface area contributed by atoms with Crippen LogP contribution in [0.2, 0.25) is 0 Å². The van der Waals surface area contributed by atoms with Gasteiger partial charge in [-0.25, -0.2) is 0 Å². The Kier molecular flexibility index (Phi) is 4.43. The fourth-order valence-corrected chi connectivity index (χ4v) is 2.71. The summed E-state index contributed by atoms with van der Waals surface area (Å²) in [6.07, 6.45) is 5.70. The molecule has 0 heterocycles. The molecule has 1 fully saturated rings. The van der Waals surface area contributed by atoms with Gasteiger partial charge in [0.2, 0.25) is 0 Å². The highest BCUT2D eigenvalue weighted by Gasteiger charge is 2.21. The lowest BCUT2D eigenvalue weighted by Gasteiger charge is -2.25. The Morgan fingerprint density at radius 1 is 1.26 bits per heavy atom. The van der Waals surface area contributed by atoms with Crippen LogP contribution in [0.5, 0.6) is 0 Å². The van der Waals surface area contributed by atoms with Crippen LogP contribution in [0.15, 0.2) is 18.2 Å². The molecule has 0 aromatic heterocycles. The molecule has 4 heteroatoms. The predicted molar refractivity (Wildman–Crippen MR) is 78.2 cm³/mol. The minimum Gasteiger partial charge on any atom is -0.380 e. The SMILES string of the molecule is Cc1ccc(C(N)=O)c(NC2CCCCCC2N)c1. The van der Waals surface area contributed by atoms with Gasteiger partial charge < -0.3 is 16.8 Å². The first kappa shape index (κ1) is 13.9. The highest BCUT2D eigenvalue weighted by atomic mass is 16.1. The number of nitrogens with two attached hydrogens (primary N) is 2. The van der Waals surface area contributed by atoms with Gasteiger partial charge in [0.1, 0.15) is 0 Å². The highest BCUT2D eigenvalue weighted by molar-refractivity contribution is 5.98. The summed E-state index contributed by atoms with van der Waals surface area (Å²) in [5, 5.41) is 3.44. The Morgan fingerprint density at radius 3 is 2.74 bits per heavy atom. The molecule has 5 N–H and O–H groups in total. The molecule has 1 aliphatic rings. The van der Waals surface area contributed by atoms with Crippen molar-refractivity contribution in [1.29, 1.82) is 0 Å². The Morgan fingerprint density at radius 2 is 2.00 bits per heavy atom. The summed E-state index contributed by atoms with van der Waals surface area (Å²) in [6, 6.07) is 6.02. The maximum Gasteiger partial charge on any atom is 0.250 e. The van der Waals surface area contributed by atoms with Crippen LogP contribution >= 0.6 is 0 Å². The van der Waals surface area contributed by atoms with Gasteiger partial charge in [0.15, 0.2) is 0 Å². The van der Waals surface area contributed by atoms with Gasteiger partial charge in [-0.05, 0) is 37.5 Å². The van der Waals surface area contributed by atoms with Crippen molar-refractivity contribution < 1.29 is 4.79 Å². The molecule has 1 saturated carbocycles. The van der Waals surface area contributed by atoms with E-state index in [1.54, 1.807) is 6.07 Å². The second-order valence-electron chi connectivity index (χ2n) is 5.47. The number of primary amides is 1. The Balaban J connectivity index is 2.21. The molecule has 0 bridgehead atoms. The topological polar surface area (TPSA) is 81.1 Å². The molecular formula is C15H23N3O. The van der Waals surface area contributed by atoms with Gasteiger partial charge in [-0.3, -0.25) is 4.79 Å². The fraction of sp³-hybridized carbons (Fsp3) is 0.533. The number of hydrogen-bond donors (Lipinski definition) is 3. The highest BCUT2D eigenvalue weighted by Crippen LogP contribution is 2.23. The van der Waals surface area contributed by atoms with E-state index < -0.39 is 5.91 Å². The Bertz CT molecular complexity index is 459. The molecule has 0 spiro atoms. The van der Waals surface area contributed by atoms with E-state index in [9.17, 15) is 4.79 Å². The molecule has 1 aromatic carbocycles. The van der Waals surface area contributed by atoms with E-state index in [2.05, 4.69) is 5.32 Å². The first-order valence-electron chi connectivity index (χ1n) is 7.00. The molecule has 4 nitrogen and oxygen atoms in total. The van der Waals surface area contributed by atoms with Crippen LogP contribution in [0.25, 0.3) is 0 Å². The zero-order chi connectivity index (χ0) is 13.8. The first-order valence-corrected chi connectivity index (χ1v) is 7.00. The van der Waals surface area contributed by atoms with Crippen LogP contribution < -0.4 is 16.8 Å². The minimum absolute atomic E-state index is 0.142. The second-order valence-corrected chi connectivity index (χ2v) is 5.47. The van der Waals surface area contributed by atoms with Crippen molar-refractivity contribution in [2.45, 2.75) is 51.1 Å². The van der Waals surface area contributed by atoms with Crippen LogP contribution in [-0.4, -0.2) is 18.0 Å². The van der Waals surface area contributed by atoms with Gasteiger partial charge in [0, 0.05) is 17.8 Å². The van der Waals surface area contributed by atoms with E-state index in [1.807, 2.05) is 19.1 Å². The van der Waals surface area contributed by atoms with Crippen molar-refractivity contribution in [3.05, 3.63) is 29.3 Å². The third kappa shape index (κ3) is 3.47. The smallest absolute Gasteiger partial charge is 0.250 e. The molecule has 0 radical (unpaired) electrons. The molecule has 0 aliphatic heterocycles. The molecule has 0 saturated heterocycles. The van der Waals surface area contributed by atoms with Crippen molar-refractivity contribution in [2.24, 2.45) is 11.5 Å². The van der Waals surface area contributed by atoms with Crippen molar-refractivity contribution in [3.63, 3.8) is 0 Å². The van der Waals surface area contributed by atoms with E-state index in [1.165, 1.54) is 19.3 Å². The standard InChI is InChI=1S/C15H23N3O/c1-10-7-8-11(15(17)19)14(9-10)18-13-6-4-2-3-5-12(13)16/h7-9,12-13,18H,2-6,16H2,1H3,(H2,17,19). The molecule has 2 unspecified atom stereocenters. The summed E-state index contributed by atoms with van der Waals surface area (Å²) in [4.78, 5) is 11.5. The van der Waals surface area contributed by atoms with Crippen molar-refractivity contribution in [1.82, 2.24) is 0 Å². The van der Waals surface area contributed by atoms with E-state index in [4.69, 9.17) is 11.5 Å². The van der Waals surface area contributed by atoms with E-state index >= 15 is 0 Å². The summed E-state index contributed by atoms with van der Waals surface area (Å²) in [5.41, 5.74) is 14.1. The number of nitrogens with one attached hydrogen (secondary N) is 1. The molecule has 2 atom stereocenters. The number of aryl methyl sites for hydroxylation is 1. The van der Waals surface area contributed by atoms with Crippen LogP contribution in [0.3, 0.4) is 0 Å². The van der Waals surface area contributed by atoms with Crippen LogP contribution in [0.1, 0.15) is 48.0 Å².